The molecule has 0 aliphatic carbocycles. The average Bonchev–Trinajstić information content (AvgIpc) is 2.70. The number of rotatable bonds is 7. The van der Waals surface area contributed by atoms with Crippen molar-refractivity contribution in [2.45, 2.75) is 44.7 Å². The topological polar surface area (TPSA) is 75.7 Å². The monoisotopic (exact) mass is 414 g/mol. The third-order valence-corrected chi connectivity index (χ3v) is 4.92. The van der Waals surface area contributed by atoms with Crippen LogP contribution in [-0.4, -0.2) is 42.9 Å². The van der Waals surface area contributed by atoms with Gasteiger partial charge < -0.3 is 15.0 Å². The summed E-state index contributed by atoms with van der Waals surface area (Å²) in [7, 11) is 1.28. The number of ether oxygens (including phenoxy) is 1. The second-order valence-electron chi connectivity index (χ2n) is 7.09. The Morgan fingerprint density at radius 2 is 1.83 bits per heavy atom. The van der Waals surface area contributed by atoms with Gasteiger partial charge >= 0.3 is 12.1 Å². The highest BCUT2D eigenvalue weighted by Gasteiger charge is 2.30. The Kier molecular flexibility index (Phi) is 8.04. The van der Waals surface area contributed by atoms with Gasteiger partial charge in [-0.3, -0.25) is 14.4 Å². The number of amides is 2. The maximum absolute atomic E-state index is 12.6. The molecule has 0 radical (unpaired) electrons. The summed E-state index contributed by atoms with van der Waals surface area (Å²) in [4.78, 5) is 37.2. The number of likely N-dealkylation sites (tertiary alicyclic amines) is 1. The van der Waals surface area contributed by atoms with Crippen LogP contribution >= 0.6 is 0 Å². The van der Waals surface area contributed by atoms with E-state index in [4.69, 9.17) is 0 Å². The molecule has 160 valence electrons. The Bertz CT molecular complexity index is 719. The average molecular weight is 414 g/mol. The van der Waals surface area contributed by atoms with Gasteiger partial charge in [-0.1, -0.05) is 0 Å². The van der Waals surface area contributed by atoms with Crippen molar-refractivity contribution >= 4 is 23.5 Å². The molecule has 1 aromatic rings. The van der Waals surface area contributed by atoms with Gasteiger partial charge in [-0.05, 0) is 49.4 Å². The lowest BCUT2D eigenvalue weighted by atomic mass is 9.93. The number of hydrogen-bond acceptors (Lipinski definition) is 4. The van der Waals surface area contributed by atoms with Gasteiger partial charge in [0, 0.05) is 31.6 Å². The number of halogens is 3. The quantitative estimate of drug-likeness (QED) is 0.692. The lowest BCUT2D eigenvalue weighted by Crippen LogP contribution is -2.40. The number of carbonyl (C=O) groups is 3. The maximum Gasteiger partial charge on any atom is 0.416 e. The fourth-order valence-electron chi connectivity index (χ4n) is 3.30. The number of methoxy groups -OCH3 is 1. The lowest BCUT2D eigenvalue weighted by Gasteiger charge is -2.32. The highest BCUT2D eigenvalue weighted by Crippen LogP contribution is 2.30. The highest BCUT2D eigenvalue weighted by molar-refractivity contribution is 5.90. The zero-order chi connectivity index (χ0) is 21.4. The fraction of sp³-hybridized carbons (Fsp3) is 0.550. The molecule has 0 unspecified atom stereocenters. The van der Waals surface area contributed by atoms with E-state index >= 15 is 0 Å². The minimum absolute atomic E-state index is 0.0477. The Balaban J connectivity index is 1.76. The summed E-state index contributed by atoms with van der Waals surface area (Å²) in [6.45, 7) is 1.17. The molecule has 6 nitrogen and oxygen atoms in total. The van der Waals surface area contributed by atoms with Gasteiger partial charge in [-0.15, -0.1) is 0 Å². The summed E-state index contributed by atoms with van der Waals surface area (Å²) in [5, 5.41) is 2.60. The fourth-order valence-corrected chi connectivity index (χ4v) is 3.30. The van der Waals surface area contributed by atoms with Gasteiger partial charge in [-0.2, -0.15) is 13.2 Å². The van der Waals surface area contributed by atoms with E-state index in [0.717, 1.165) is 25.0 Å². The molecule has 1 aliphatic heterocycles. The molecule has 2 rings (SSSR count). The van der Waals surface area contributed by atoms with Crippen molar-refractivity contribution in [3.8, 4) is 0 Å². The predicted octanol–water partition coefficient (Wildman–Crippen LogP) is 3.62. The summed E-state index contributed by atoms with van der Waals surface area (Å²) in [5.41, 5.74) is -0.457. The van der Waals surface area contributed by atoms with Crippen molar-refractivity contribution in [2.75, 3.05) is 25.5 Å². The second kappa shape index (κ2) is 10.3. The summed E-state index contributed by atoms with van der Waals surface area (Å²) in [5.74, 6) is -0.635. The van der Waals surface area contributed by atoms with Crippen molar-refractivity contribution in [1.82, 2.24) is 4.90 Å². The minimum Gasteiger partial charge on any atom is -0.469 e. The van der Waals surface area contributed by atoms with Crippen molar-refractivity contribution in [2.24, 2.45) is 5.92 Å². The first-order chi connectivity index (χ1) is 13.7. The number of piperidine rings is 1. The zero-order valence-electron chi connectivity index (χ0n) is 16.3. The van der Waals surface area contributed by atoms with Gasteiger partial charge in [0.05, 0.1) is 19.1 Å². The maximum atomic E-state index is 12.6. The molecule has 1 fully saturated rings. The zero-order valence-corrected chi connectivity index (χ0v) is 16.3. The minimum atomic E-state index is -4.41. The van der Waals surface area contributed by atoms with Crippen LogP contribution in [0.3, 0.4) is 0 Å². The van der Waals surface area contributed by atoms with E-state index in [0.29, 0.717) is 25.2 Å². The highest BCUT2D eigenvalue weighted by atomic mass is 19.4. The van der Waals surface area contributed by atoms with Gasteiger partial charge in [0.1, 0.15) is 0 Å². The molecule has 2 amide bonds. The van der Waals surface area contributed by atoms with Crippen LogP contribution < -0.4 is 5.32 Å². The molecule has 1 N–H and O–H groups in total. The first-order valence-corrected chi connectivity index (χ1v) is 9.50. The Morgan fingerprint density at radius 1 is 1.14 bits per heavy atom. The van der Waals surface area contributed by atoms with Crippen LogP contribution in [0.25, 0.3) is 0 Å². The molecule has 1 aromatic carbocycles. The van der Waals surface area contributed by atoms with E-state index in [1.807, 2.05) is 0 Å². The molecular weight excluding hydrogens is 389 g/mol. The number of benzene rings is 1. The molecule has 1 aliphatic rings. The molecular formula is C20H25F3N2O4. The van der Waals surface area contributed by atoms with Crippen LogP contribution in [0.4, 0.5) is 18.9 Å². The van der Waals surface area contributed by atoms with Gasteiger partial charge in [-0.25, -0.2) is 0 Å². The molecule has 1 saturated heterocycles. The van der Waals surface area contributed by atoms with E-state index in [1.54, 1.807) is 4.90 Å². The third-order valence-electron chi connectivity index (χ3n) is 4.92. The molecule has 1 heterocycles. The number of anilines is 1. The number of esters is 1. The van der Waals surface area contributed by atoms with Gasteiger partial charge in [0.15, 0.2) is 0 Å². The standard InChI is InChI=1S/C20H25F3N2O4/c1-29-19(28)11-10-18(27)25-12-2-3-14(13-25)4-9-17(26)24-16-7-5-15(6-8-16)20(21,22)23/h5-8,14H,2-4,9-13H2,1H3,(H,24,26)/t14-/m0/s1. The largest absolute Gasteiger partial charge is 0.469 e. The van der Waals surface area contributed by atoms with Crippen LogP contribution in [-0.2, 0) is 25.3 Å². The molecule has 0 bridgehead atoms. The molecule has 9 heteroatoms. The molecule has 1 atom stereocenters. The first-order valence-electron chi connectivity index (χ1n) is 9.50. The van der Waals surface area contributed by atoms with Crippen molar-refractivity contribution < 1.29 is 32.3 Å². The van der Waals surface area contributed by atoms with Gasteiger partial charge in [0.2, 0.25) is 11.8 Å². The van der Waals surface area contributed by atoms with Gasteiger partial charge in [0.25, 0.3) is 0 Å². The van der Waals surface area contributed by atoms with Crippen LogP contribution in [0, 0.1) is 5.92 Å². The van der Waals surface area contributed by atoms with Crippen LogP contribution in [0.2, 0.25) is 0 Å². The normalized spacial score (nSPS) is 17.0. The third kappa shape index (κ3) is 7.40. The molecule has 0 aromatic heterocycles. The second-order valence-corrected chi connectivity index (χ2v) is 7.09. The van der Waals surface area contributed by atoms with E-state index < -0.39 is 17.7 Å². The summed E-state index contributed by atoms with van der Waals surface area (Å²) < 4.78 is 42.2. The molecule has 0 saturated carbocycles. The Labute approximate surface area is 167 Å². The number of alkyl halides is 3. The van der Waals surface area contributed by atoms with E-state index in [-0.39, 0.29) is 37.0 Å². The number of hydrogen-bond donors (Lipinski definition) is 1. The van der Waals surface area contributed by atoms with E-state index in [9.17, 15) is 27.6 Å². The van der Waals surface area contributed by atoms with Crippen LogP contribution in [0.15, 0.2) is 24.3 Å². The number of carbonyl (C=O) groups excluding carboxylic acids is 3. The number of nitrogens with one attached hydrogen (secondary N) is 1. The molecule has 0 spiro atoms. The lowest BCUT2D eigenvalue weighted by molar-refractivity contribution is -0.144. The number of nitrogens with zero attached hydrogens (tertiary/aromatic N) is 1. The molecule has 29 heavy (non-hydrogen) atoms. The summed E-state index contributed by atoms with van der Waals surface area (Å²) in [6.07, 6.45) is -1.74. The Morgan fingerprint density at radius 3 is 2.45 bits per heavy atom. The van der Waals surface area contributed by atoms with Crippen molar-refractivity contribution in [3.63, 3.8) is 0 Å². The summed E-state index contributed by atoms with van der Waals surface area (Å²) in [6, 6.07) is 4.30. The van der Waals surface area contributed by atoms with Crippen LogP contribution in [0.5, 0.6) is 0 Å². The smallest absolute Gasteiger partial charge is 0.416 e. The first kappa shape index (κ1) is 22.7. The SMILES string of the molecule is COC(=O)CCC(=O)N1CCC[C@@H](CCC(=O)Nc2ccc(C(F)(F)F)cc2)C1. The van der Waals surface area contributed by atoms with Crippen molar-refractivity contribution in [3.05, 3.63) is 29.8 Å². The predicted molar refractivity (Wildman–Crippen MR) is 99.9 cm³/mol. The van der Waals surface area contributed by atoms with E-state index in [2.05, 4.69) is 10.1 Å². The van der Waals surface area contributed by atoms with Crippen LogP contribution in [0.1, 0.15) is 44.1 Å². The van der Waals surface area contributed by atoms with Crippen molar-refractivity contribution in [1.29, 1.82) is 0 Å². The Hall–Kier alpha value is -2.58. The van der Waals surface area contributed by atoms with E-state index in [1.165, 1.54) is 19.2 Å². The summed E-state index contributed by atoms with van der Waals surface area (Å²) >= 11 is 0.